The van der Waals surface area contributed by atoms with Crippen LogP contribution in [-0.2, 0) is 4.79 Å². The summed E-state index contributed by atoms with van der Waals surface area (Å²) in [6.45, 7) is 3.83. The fraction of sp³-hybridized carbons (Fsp3) is 0.250. The standard InChI is InChI=1S/C20H20BrN3O4/c1-12(2)18(20(26)24-22-10-13-3-6-15(21)7-4-13)23-19(25)14-5-8-16-17(9-14)28-11-27-16/h3-10,12,18H,11H2,1-2H3,(H,23,25)(H,24,26)/t18-/m0/s1. The third-order valence-electron chi connectivity index (χ3n) is 4.13. The number of hydrogen-bond acceptors (Lipinski definition) is 5. The molecule has 3 rings (SSSR count). The lowest BCUT2D eigenvalue weighted by Gasteiger charge is -2.20. The van der Waals surface area contributed by atoms with Crippen molar-refractivity contribution in [3.63, 3.8) is 0 Å². The van der Waals surface area contributed by atoms with Crippen LogP contribution in [-0.4, -0.2) is 30.9 Å². The molecule has 0 spiro atoms. The smallest absolute Gasteiger partial charge is 0.262 e. The molecule has 0 saturated heterocycles. The Morgan fingerprint density at radius 2 is 1.82 bits per heavy atom. The highest BCUT2D eigenvalue weighted by molar-refractivity contribution is 9.10. The van der Waals surface area contributed by atoms with Crippen molar-refractivity contribution in [2.24, 2.45) is 11.0 Å². The molecule has 0 aliphatic carbocycles. The molecule has 1 heterocycles. The van der Waals surface area contributed by atoms with Crippen molar-refractivity contribution in [2.75, 3.05) is 6.79 Å². The van der Waals surface area contributed by atoms with E-state index in [0.717, 1.165) is 10.0 Å². The van der Waals surface area contributed by atoms with Crippen LogP contribution in [0, 0.1) is 5.92 Å². The minimum absolute atomic E-state index is 0.124. The summed E-state index contributed by atoms with van der Waals surface area (Å²) in [6, 6.07) is 11.6. The summed E-state index contributed by atoms with van der Waals surface area (Å²) >= 11 is 3.36. The number of fused-ring (bicyclic) bond motifs is 1. The summed E-state index contributed by atoms with van der Waals surface area (Å²) in [5, 5.41) is 6.73. The van der Waals surface area contributed by atoms with Crippen molar-refractivity contribution in [3.05, 3.63) is 58.1 Å². The van der Waals surface area contributed by atoms with Gasteiger partial charge in [0, 0.05) is 10.0 Å². The zero-order chi connectivity index (χ0) is 20.1. The molecule has 2 aromatic carbocycles. The summed E-state index contributed by atoms with van der Waals surface area (Å²) in [4.78, 5) is 25.1. The third kappa shape index (κ3) is 4.89. The monoisotopic (exact) mass is 445 g/mol. The van der Waals surface area contributed by atoms with Crippen LogP contribution < -0.4 is 20.2 Å². The van der Waals surface area contributed by atoms with E-state index >= 15 is 0 Å². The van der Waals surface area contributed by atoms with Crippen LogP contribution >= 0.6 is 15.9 Å². The molecule has 2 N–H and O–H groups in total. The van der Waals surface area contributed by atoms with Crippen molar-refractivity contribution in [3.8, 4) is 11.5 Å². The van der Waals surface area contributed by atoms with Crippen LogP contribution in [0.4, 0.5) is 0 Å². The quantitative estimate of drug-likeness (QED) is 0.528. The van der Waals surface area contributed by atoms with E-state index in [1.807, 2.05) is 38.1 Å². The molecule has 0 fully saturated rings. The minimum atomic E-state index is -0.736. The molecule has 2 amide bonds. The fourth-order valence-electron chi connectivity index (χ4n) is 2.59. The molecule has 1 atom stereocenters. The second-order valence-corrected chi connectivity index (χ2v) is 7.46. The molecular weight excluding hydrogens is 426 g/mol. The first kappa shape index (κ1) is 19.9. The van der Waals surface area contributed by atoms with Crippen molar-refractivity contribution < 1.29 is 19.1 Å². The number of carbonyl (C=O) groups excluding carboxylic acids is 2. The normalized spacial score (nSPS) is 13.6. The molecule has 0 saturated carbocycles. The largest absolute Gasteiger partial charge is 0.454 e. The maximum Gasteiger partial charge on any atom is 0.262 e. The van der Waals surface area contributed by atoms with Gasteiger partial charge in [-0.15, -0.1) is 0 Å². The van der Waals surface area contributed by atoms with Crippen LogP contribution in [0.25, 0.3) is 0 Å². The van der Waals surface area contributed by atoms with Gasteiger partial charge >= 0.3 is 0 Å². The Labute approximate surface area is 171 Å². The van der Waals surface area contributed by atoms with E-state index in [-0.39, 0.29) is 18.6 Å². The molecule has 0 aromatic heterocycles. The van der Waals surface area contributed by atoms with Gasteiger partial charge in [0.1, 0.15) is 6.04 Å². The lowest BCUT2D eigenvalue weighted by Crippen LogP contribution is -2.48. The maximum atomic E-state index is 12.6. The average Bonchev–Trinajstić information content (AvgIpc) is 3.14. The van der Waals surface area contributed by atoms with Gasteiger partial charge in [-0.1, -0.05) is 41.9 Å². The highest BCUT2D eigenvalue weighted by Gasteiger charge is 2.25. The van der Waals surface area contributed by atoms with Gasteiger partial charge in [-0.05, 0) is 41.8 Å². The zero-order valence-electron chi connectivity index (χ0n) is 15.4. The summed E-state index contributed by atoms with van der Waals surface area (Å²) in [5.74, 6) is 0.219. The van der Waals surface area contributed by atoms with Crippen molar-refractivity contribution in [1.82, 2.24) is 10.7 Å². The highest BCUT2D eigenvalue weighted by Crippen LogP contribution is 2.32. The highest BCUT2D eigenvalue weighted by atomic mass is 79.9. The third-order valence-corrected chi connectivity index (χ3v) is 4.66. The number of nitrogens with one attached hydrogen (secondary N) is 2. The topological polar surface area (TPSA) is 89.0 Å². The second kappa shape index (κ2) is 8.88. The lowest BCUT2D eigenvalue weighted by atomic mass is 10.0. The first-order valence-electron chi connectivity index (χ1n) is 8.73. The van der Waals surface area contributed by atoms with E-state index in [2.05, 4.69) is 31.8 Å². The number of amides is 2. The van der Waals surface area contributed by atoms with E-state index in [1.165, 1.54) is 0 Å². The van der Waals surface area contributed by atoms with Crippen molar-refractivity contribution in [1.29, 1.82) is 0 Å². The van der Waals surface area contributed by atoms with Gasteiger partial charge in [0.05, 0.1) is 6.21 Å². The Hall–Kier alpha value is -2.87. The molecule has 0 bridgehead atoms. The van der Waals surface area contributed by atoms with Gasteiger partial charge in [-0.25, -0.2) is 5.43 Å². The van der Waals surface area contributed by atoms with Crippen LogP contribution in [0.1, 0.15) is 29.8 Å². The molecule has 146 valence electrons. The molecule has 1 aliphatic heterocycles. The van der Waals surface area contributed by atoms with Crippen molar-refractivity contribution in [2.45, 2.75) is 19.9 Å². The molecular formula is C20H20BrN3O4. The Morgan fingerprint density at radius 3 is 2.54 bits per heavy atom. The van der Waals surface area contributed by atoms with Crippen LogP contribution in [0.2, 0.25) is 0 Å². The molecule has 0 radical (unpaired) electrons. The number of ether oxygens (including phenoxy) is 2. The summed E-state index contributed by atoms with van der Waals surface area (Å²) in [7, 11) is 0. The Morgan fingerprint density at radius 1 is 1.11 bits per heavy atom. The number of nitrogens with zero attached hydrogens (tertiary/aromatic N) is 1. The number of rotatable bonds is 6. The number of halogens is 1. The van der Waals surface area contributed by atoms with E-state index in [0.29, 0.717) is 17.1 Å². The lowest BCUT2D eigenvalue weighted by molar-refractivity contribution is -0.123. The number of benzene rings is 2. The van der Waals surface area contributed by atoms with Gasteiger partial charge in [-0.3, -0.25) is 9.59 Å². The van der Waals surface area contributed by atoms with E-state index in [9.17, 15) is 9.59 Å². The Kier molecular flexibility index (Phi) is 6.30. The number of hydrazone groups is 1. The zero-order valence-corrected chi connectivity index (χ0v) is 17.0. The SMILES string of the molecule is CC(C)[C@H](NC(=O)c1ccc2c(c1)OCO2)C(=O)NN=Cc1ccc(Br)cc1. The van der Waals surface area contributed by atoms with Crippen molar-refractivity contribution >= 4 is 34.0 Å². The molecule has 0 unspecified atom stereocenters. The number of carbonyl (C=O) groups is 2. The van der Waals surface area contributed by atoms with Gasteiger partial charge in [0.15, 0.2) is 11.5 Å². The van der Waals surface area contributed by atoms with Gasteiger partial charge in [0.25, 0.3) is 11.8 Å². The van der Waals surface area contributed by atoms with E-state index < -0.39 is 11.9 Å². The van der Waals surface area contributed by atoms with E-state index in [4.69, 9.17) is 9.47 Å². The molecule has 28 heavy (non-hydrogen) atoms. The average molecular weight is 446 g/mol. The van der Waals surface area contributed by atoms with Gasteiger partial charge in [-0.2, -0.15) is 5.10 Å². The number of hydrogen-bond donors (Lipinski definition) is 2. The van der Waals surface area contributed by atoms with Crippen LogP contribution in [0.3, 0.4) is 0 Å². The predicted octanol–water partition coefficient (Wildman–Crippen LogP) is 3.08. The summed E-state index contributed by atoms with van der Waals surface area (Å²) in [5.41, 5.74) is 3.72. The predicted molar refractivity (Wildman–Crippen MR) is 109 cm³/mol. The Bertz CT molecular complexity index is 897. The van der Waals surface area contributed by atoms with E-state index in [1.54, 1.807) is 24.4 Å². The van der Waals surface area contributed by atoms with Crippen LogP contribution in [0.5, 0.6) is 11.5 Å². The first-order valence-corrected chi connectivity index (χ1v) is 9.52. The van der Waals surface area contributed by atoms with Gasteiger partial charge in [0.2, 0.25) is 6.79 Å². The molecule has 8 heteroatoms. The summed E-state index contributed by atoms with van der Waals surface area (Å²) < 4.78 is 11.5. The molecule has 7 nitrogen and oxygen atoms in total. The fourth-order valence-corrected chi connectivity index (χ4v) is 2.85. The minimum Gasteiger partial charge on any atom is -0.454 e. The first-order chi connectivity index (χ1) is 13.4. The molecule has 2 aromatic rings. The summed E-state index contributed by atoms with van der Waals surface area (Å²) in [6.07, 6.45) is 1.54. The van der Waals surface area contributed by atoms with Gasteiger partial charge < -0.3 is 14.8 Å². The Balaban J connectivity index is 1.62. The maximum absolute atomic E-state index is 12.6. The second-order valence-electron chi connectivity index (χ2n) is 6.55. The van der Waals surface area contributed by atoms with Crippen LogP contribution in [0.15, 0.2) is 52.0 Å². The molecule has 1 aliphatic rings.